The van der Waals surface area contributed by atoms with Crippen molar-refractivity contribution in [2.75, 3.05) is 7.11 Å². The van der Waals surface area contributed by atoms with E-state index < -0.39 is 6.35 Å². The van der Waals surface area contributed by atoms with E-state index in [0.29, 0.717) is 0 Å². The highest BCUT2D eigenvalue weighted by Crippen LogP contribution is 2.08. The smallest absolute Gasteiger partial charge is 0.197 e. The predicted octanol–water partition coefficient (Wildman–Crippen LogP) is 2.30. The van der Waals surface area contributed by atoms with Crippen LogP contribution < -0.4 is 16.4 Å². The molecule has 3 aromatic rings. The molecule has 21 heavy (non-hydrogen) atoms. The van der Waals surface area contributed by atoms with Gasteiger partial charge in [-0.15, -0.1) is 0 Å². The van der Waals surface area contributed by atoms with Crippen LogP contribution in [0.2, 0.25) is 0 Å². The molecule has 3 aromatic carbocycles. The van der Waals surface area contributed by atoms with Crippen molar-refractivity contribution in [1.29, 1.82) is 0 Å². The lowest BCUT2D eigenvalue weighted by molar-refractivity contribution is 0.426. The molecule has 2 heteroatoms. The maximum Gasteiger partial charge on any atom is 0.197 e. The zero-order chi connectivity index (χ0) is 14.5. The predicted molar refractivity (Wildman–Crippen MR) is 91.0 cm³/mol. The quantitative estimate of drug-likeness (QED) is 0.663. The van der Waals surface area contributed by atoms with Crippen molar-refractivity contribution < 1.29 is 4.65 Å². The lowest BCUT2D eigenvalue weighted by atomic mass is 9.28. The van der Waals surface area contributed by atoms with Crippen LogP contribution >= 0.6 is 0 Å². The molecule has 0 aliphatic heterocycles. The van der Waals surface area contributed by atoms with E-state index in [0.717, 1.165) is 0 Å². The number of hydrogen-bond acceptors (Lipinski definition) is 1. The van der Waals surface area contributed by atoms with E-state index in [4.69, 9.17) is 4.65 Å². The lowest BCUT2D eigenvalue weighted by Crippen LogP contribution is -2.68. The summed E-state index contributed by atoms with van der Waals surface area (Å²) in [7, 11) is 1.80. The molecule has 0 atom stereocenters. The molecule has 0 N–H and O–H groups in total. The van der Waals surface area contributed by atoms with Crippen molar-refractivity contribution in [3.8, 4) is 0 Å². The molecule has 0 heterocycles. The summed E-state index contributed by atoms with van der Waals surface area (Å²) in [5.41, 5.74) is 3.58. The first-order valence-electron chi connectivity index (χ1n) is 7.24. The van der Waals surface area contributed by atoms with E-state index in [1.807, 2.05) is 18.2 Å². The van der Waals surface area contributed by atoms with Crippen molar-refractivity contribution in [3.05, 3.63) is 91.0 Å². The van der Waals surface area contributed by atoms with Gasteiger partial charge in [-0.05, 0) is 7.11 Å². The van der Waals surface area contributed by atoms with Crippen molar-refractivity contribution in [2.45, 2.75) is 0 Å². The summed E-state index contributed by atoms with van der Waals surface area (Å²) in [6.45, 7) is 0. The van der Waals surface area contributed by atoms with Gasteiger partial charge in [0.05, 0.1) is 0 Å². The molecule has 3 rings (SSSR count). The van der Waals surface area contributed by atoms with Crippen molar-refractivity contribution in [3.63, 3.8) is 0 Å². The highest BCUT2D eigenvalue weighted by Gasteiger charge is 2.29. The van der Waals surface area contributed by atoms with Crippen LogP contribution in [0.25, 0.3) is 0 Å². The average Bonchev–Trinajstić information content (AvgIpc) is 2.59. The Morgan fingerprint density at radius 1 is 0.524 bits per heavy atom. The molecular weight excluding hydrogens is 255 g/mol. The van der Waals surface area contributed by atoms with Crippen molar-refractivity contribution in [2.24, 2.45) is 0 Å². The monoisotopic (exact) mass is 273 g/mol. The fourth-order valence-corrected chi connectivity index (χ4v) is 3.16. The molecule has 0 spiro atoms. The number of benzene rings is 3. The van der Waals surface area contributed by atoms with E-state index in [1.165, 1.54) is 16.4 Å². The standard InChI is InChI=1S/C19H18BO/c1-21-20(17-11-5-2-6-12-17,18-13-7-3-8-14-18)19-15-9-4-10-16-19/h2-16H,1H3/q-1. The van der Waals surface area contributed by atoms with Crippen LogP contribution in [0.5, 0.6) is 0 Å². The van der Waals surface area contributed by atoms with Crippen LogP contribution in [0.4, 0.5) is 0 Å². The van der Waals surface area contributed by atoms with Gasteiger partial charge >= 0.3 is 0 Å². The van der Waals surface area contributed by atoms with Gasteiger partial charge < -0.3 is 4.65 Å². The van der Waals surface area contributed by atoms with Crippen LogP contribution in [0.15, 0.2) is 91.0 Å². The first-order valence-corrected chi connectivity index (χ1v) is 7.24. The summed E-state index contributed by atoms with van der Waals surface area (Å²) in [6.07, 6.45) is -1.40. The van der Waals surface area contributed by atoms with E-state index >= 15 is 0 Å². The fourth-order valence-electron chi connectivity index (χ4n) is 3.16. The third-order valence-corrected chi connectivity index (χ3v) is 4.16. The van der Waals surface area contributed by atoms with E-state index in [-0.39, 0.29) is 0 Å². The normalized spacial score (nSPS) is 11.3. The molecule has 0 aliphatic rings. The van der Waals surface area contributed by atoms with E-state index in [1.54, 1.807) is 7.11 Å². The highest BCUT2D eigenvalue weighted by molar-refractivity contribution is 7.07. The topological polar surface area (TPSA) is 9.23 Å². The Morgan fingerprint density at radius 3 is 1.05 bits per heavy atom. The summed E-state index contributed by atoms with van der Waals surface area (Å²) in [5.74, 6) is 0. The Labute approximate surface area is 126 Å². The van der Waals surface area contributed by atoms with Crippen LogP contribution in [-0.2, 0) is 4.65 Å². The van der Waals surface area contributed by atoms with Gasteiger partial charge in [0.25, 0.3) is 0 Å². The Kier molecular flexibility index (Phi) is 3.89. The van der Waals surface area contributed by atoms with E-state index in [2.05, 4.69) is 72.8 Å². The first-order chi connectivity index (χ1) is 10.4. The summed E-state index contributed by atoms with van der Waals surface area (Å²) >= 11 is 0. The van der Waals surface area contributed by atoms with Crippen LogP contribution in [0.1, 0.15) is 0 Å². The van der Waals surface area contributed by atoms with E-state index in [9.17, 15) is 0 Å². The fraction of sp³-hybridized carbons (Fsp3) is 0.0526. The minimum Gasteiger partial charge on any atom is -0.582 e. The maximum absolute atomic E-state index is 6.16. The second kappa shape index (κ2) is 5.98. The molecular formula is C19H18BO-. The van der Waals surface area contributed by atoms with Crippen molar-refractivity contribution >= 4 is 22.7 Å². The Hall–Kier alpha value is -2.32. The lowest BCUT2D eigenvalue weighted by Gasteiger charge is -2.42. The summed E-state index contributed by atoms with van der Waals surface area (Å²) in [5, 5.41) is 0. The van der Waals surface area contributed by atoms with Gasteiger partial charge in [-0.1, -0.05) is 91.0 Å². The maximum atomic E-state index is 6.16. The molecule has 0 unspecified atom stereocenters. The van der Waals surface area contributed by atoms with Crippen LogP contribution in [-0.4, -0.2) is 13.5 Å². The molecule has 104 valence electrons. The Morgan fingerprint density at radius 2 is 0.810 bits per heavy atom. The summed E-state index contributed by atoms with van der Waals surface area (Å²) < 4.78 is 6.16. The summed E-state index contributed by atoms with van der Waals surface area (Å²) in [6, 6.07) is 31.4. The SMILES string of the molecule is CO[B-](c1ccccc1)(c1ccccc1)c1ccccc1. The van der Waals surface area contributed by atoms with Gasteiger partial charge in [0.15, 0.2) is 6.35 Å². The Balaban J connectivity index is 2.29. The third-order valence-electron chi connectivity index (χ3n) is 4.16. The molecule has 0 radical (unpaired) electrons. The minimum absolute atomic E-state index is 1.19. The zero-order valence-corrected chi connectivity index (χ0v) is 12.1. The molecule has 0 amide bonds. The van der Waals surface area contributed by atoms with Crippen LogP contribution in [0, 0.1) is 0 Å². The molecule has 1 nitrogen and oxygen atoms in total. The molecule has 0 saturated carbocycles. The van der Waals surface area contributed by atoms with Gasteiger partial charge in [0.1, 0.15) is 0 Å². The Bertz CT molecular complexity index is 584. The van der Waals surface area contributed by atoms with Crippen LogP contribution in [0.3, 0.4) is 0 Å². The summed E-state index contributed by atoms with van der Waals surface area (Å²) in [4.78, 5) is 0. The third kappa shape index (κ3) is 2.39. The van der Waals surface area contributed by atoms with Gasteiger partial charge in [0.2, 0.25) is 0 Å². The average molecular weight is 273 g/mol. The number of rotatable bonds is 4. The molecule has 0 saturated heterocycles. The largest absolute Gasteiger partial charge is 0.582 e. The van der Waals surface area contributed by atoms with Gasteiger partial charge in [-0.3, -0.25) is 0 Å². The molecule has 0 fully saturated rings. The minimum atomic E-state index is -1.40. The van der Waals surface area contributed by atoms with Gasteiger partial charge in [-0.2, -0.15) is 16.4 Å². The highest BCUT2D eigenvalue weighted by atomic mass is 16.4. The second-order valence-corrected chi connectivity index (χ2v) is 5.25. The molecule has 0 bridgehead atoms. The van der Waals surface area contributed by atoms with Crippen molar-refractivity contribution in [1.82, 2.24) is 0 Å². The second-order valence-electron chi connectivity index (χ2n) is 5.25. The molecule has 0 aromatic heterocycles. The van der Waals surface area contributed by atoms with Gasteiger partial charge in [0, 0.05) is 0 Å². The van der Waals surface area contributed by atoms with Gasteiger partial charge in [-0.25, -0.2) is 0 Å². The first kappa shape index (κ1) is 13.7. The molecule has 0 aliphatic carbocycles. The zero-order valence-electron chi connectivity index (χ0n) is 12.1. The number of hydrogen-bond donors (Lipinski definition) is 0.